The van der Waals surface area contributed by atoms with Crippen molar-refractivity contribution in [1.29, 1.82) is 0 Å². The van der Waals surface area contributed by atoms with Crippen LogP contribution in [0.1, 0.15) is 35.4 Å². The molecule has 190 valence electrons. The molecule has 7 nitrogen and oxygen atoms in total. The van der Waals surface area contributed by atoms with Crippen LogP contribution in [-0.2, 0) is 21.4 Å². The molecule has 1 aliphatic heterocycles. The van der Waals surface area contributed by atoms with Gasteiger partial charge in [0.1, 0.15) is 17.3 Å². The molecule has 1 fully saturated rings. The van der Waals surface area contributed by atoms with Crippen LogP contribution in [0.15, 0.2) is 51.9 Å². The summed E-state index contributed by atoms with van der Waals surface area (Å²) in [6, 6.07) is 10.3. The van der Waals surface area contributed by atoms with E-state index in [0.29, 0.717) is 24.4 Å². The van der Waals surface area contributed by atoms with Gasteiger partial charge in [-0.2, -0.15) is 4.31 Å². The number of nitrogens with zero attached hydrogens (tertiary/aromatic N) is 2. The molecule has 2 heterocycles. The van der Waals surface area contributed by atoms with Gasteiger partial charge in [0.15, 0.2) is 10.7 Å². The van der Waals surface area contributed by atoms with E-state index in [1.807, 2.05) is 18.2 Å². The number of halogens is 3. The third-order valence-corrected chi connectivity index (χ3v) is 8.47. The fourth-order valence-corrected chi connectivity index (χ4v) is 5.98. The molecule has 3 aromatic rings. The Kier molecular flexibility index (Phi) is 7.87. The van der Waals surface area contributed by atoms with Crippen molar-refractivity contribution in [3.8, 4) is 0 Å². The Morgan fingerprint density at radius 2 is 1.92 bits per heavy atom. The molecule has 0 atom stereocenters. The number of hydrogen-bond acceptors (Lipinski definition) is 5. The van der Waals surface area contributed by atoms with Gasteiger partial charge in [-0.05, 0) is 55.7 Å². The number of piperidine rings is 1. The highest BCUT2D eigenvalue weighted by Gasteiger charge is 2.35. The van der Waals surface area contributed by atoms with Crippen molar-refractivity contribution in [2.24, 2.45) is 5.92 Å². The number of nitrogens with one attached hydrogen (secondary N) is 1. The van der Waals surface area contributed by atoms with Gasteiger partial charge in [0.25, 0.3) is 0 Å². The van der Waals surface area contributed by atoms with Gasteiger partial charge in [-0.15, -0.1) is 0 Å². The monoisotopic (exact) mass is 535 g/mol. The first kappa shape index (κ1) is 26.0. The molecule has 1 N–H and O–H groups in total. The highest BCUT2D eigenvalue weighted by atomic mass is 35.5. The standard InChI is InChI=1S/C25H24ClF2N3O4S/c1-16-24(23(35-30-16)9-7-17-6-8-20(27)14-22(17)28)36(33,34)31-12-10-18(11-13-31)25(32)29-15-19-4-2-3-5-21(19)26/h2-9,14,18H,10-13,15H2,1H3,(H,29,32). The molecule has 0 spiro atoms. The Balaban J connectivity index is 1.42. The number of aryl methyl sites for hydroxylation is 1. The summed E-state index contributed by atoms with van der Waals surface area (Å²) >= 11 is 6.13. The number of aromatic nitrogens is 1. The minimum absolute atomic E-state index is 0.0594. The van der Waals surface area contributed by atoms with E-state index in [1.165, 1.54) is 29.4 Å². The number of carbonyl (C=O) groups is 1. The van der Waals surface area contributed by atoms with Crippen LogP contribution in [0.25, 0.3) is 12.2 Å². The molecular formula is C25H24ClF2N3O4S. The Bertz CT molecular complexity index is 1400. The van der Waals surface area contributed by atoms with E-state index in [2.05, 4.69) is 10.5 Å². The fraction of sp³-hybridized carbons (Fsp3) is 0.280. The molecule has 0 bridgehead atoms. The summed E-state index contributed by atoms with van der Waals surface area (Å²) in [5, 5.41) is 7.20. The van der Waals surface area contributed by atoms with Crippen LogP contribution >= 0.6 is 11.6 Å². The zero-order chi connectivity index (χ0) is 25.9. The number of benzene rings is 2. The SMILES string of the molecule is Cc1noc(C=Cc2ccc(F)cc2F)c1S(=O)(=O)N1CCC(C(=O)NCc2ccccc2Cl)CC1. The normalized spacial score (nSPS) is 15.4. The van der Waals surface area contributed by atoms with Gasteiger partial charge in [0.05, 0.1) is 0 Å². The number of carbonyl (C=O) groups excluding carboxylic acids is 1. The number of hydrogen-bond donors (Lipinski definition) is 1. The largest absolute Gasteiger partial charge is 0.355 e. The van der Waals surface area contributed by atoms with Crippen LogP contribution in [0.4, 0.5) is 8.78 Å². The Labute approximate surface area is 212 Å². The van der Waals surface area contributed by atoms with Crippen molar-refractivity contribution < 1.29 is 26.5 Å². The van der Waals surface area contributed by atoms with Gasteiger partial charge in [-0.3, -0.25) is 4.79 Å². The molecule has 1 aromatic heterocycles. The second-order valence-corrected chi connectivity index (χ2v) is 10.7. The predicted octanol–water partition coefficient (Wildman–Crippen LogP) is 4.80. The topological polar surface area (TPSA) is 92.5 Å². The van der Waals surface area contributed by atoms with Crippen molar-refractivity contribution in [2.75, 3.05) is 13.1 Å². The molecule has 1 aliphatic rings. The molecule has 1 saturated heterocycles. The summed E-state index contributed by atoms with van der Waals surface area (Å²) < 4.78 is 60.4. The number of sulfonamides is 1. The average Bonchev–Trinajstić information content (AvgIpc) is 3.24. The number of rotatable bonds is 7. The molecule has 2 aromatic carbocycles. The summed E-state index contributed by atoms with van der Waals surface area (Å²) in [4.78, 5) is 12.5. The van der Waals surface area contributed by atoms with Gasteiger partial charge in [0, 0.05) is 42.2 Å². The van der Waals surface area contributed by atoms with Gasteiger partial charge in [-0.25, -0.2) is 17.2 Å². The molecule has 0 unspecified atom stereocenters. The predicted molar refractivity (Wildman–Crippen MR) is 131 cm³/mol. The molecule has 4 rings (SSSR count). The molecule has 0 saturated carbocycles. The Morgan fingerprint density at radius 1 is 1.19 bits per heavy atom. The molecule has 36 heavy (non-hydrogen) atoms. The summed E-state index contributed by atoms with van der Waals surface area (Å²) in [6.07, 6.45) is 3.29. The lowest BCUT2D eigenvalue weighted by Gasteiger charge is -2.30. The first-order valence-electron chi connectivity index (χ1n) is 11.3. The first-order valence-corrected chi connectivity index (χ1v) is 13.1. The molecule has 0 aliphatic carbocycles. The second-order valence-electron chi connectivity index (χ2n) is 8.45. The van der Waals surface area contributed by atoms with E-state index < -0.39 is 21.7 Å². The lowest BCUT2D eigenvalue weighted by molar-refractivity contribution is -0.126. The summed E-state index contributed by atoms with van der Waals surface area (Å²) in [6.45, 7) is 2.09. The molecular weight excluding hydrogens is 512 g/mol. The van der Waals surface area contributed by atoms with E-state index in [4.69, 9.17) is 16.1 Å². The van der Waals surface area contributed by atoms with Gasteiger partial charge >= 0.3 is 0 Å². The lowest BCUT2D eigenvalue weighted by atomic mass is 9.97. The van der Waals surface area contributed by atoms with E-state index in [9.17, 15) is 22.0 Å². The van der Waals surface area contributed by atoms with Gasteiger partial charge in [-0.1, -0.05) is 35.0 Å². The summed E-state index contributed by atoms with van der Waals surface area (Å²) in [5.74, 6) is -2.05. The highest BCUT2D eigenvalue weighted by Crippen LogP contribution is 2.29. The minimum atomic E-state index is -3.99. The Hall–Kier alpha value is -3.08. The third-order valence-electron chi connectivity index (χ3n) is 6.04. The van der Waals surface area contributed by atoms with Crippen LogP contribution in [-0.4, -0.2) is 36.9 Å². The van der Waals surface area contributed by atoms with Crippen LogP contribution in [0.5, 0.6) is 0 Å². The van der Waals surface area contributed by atoms with Crippen LogP contribution in [0.2, 0.25) is 5.02 Å². The zero-order valence-electron chi connectivity index (χ0n) is 19.4. The quantitative estimate of drug-likeness (QED) is 0.469. The van der Waals surface area contributed by atoms with Crippen molar-refractivity contribution in [3.63, 3.8) is 0 Å². The van der Waals surface area contributed by atoms with Crippen molar-refractivity contribution in [3.05, 3.63) is 81.7 Å². The van der Waals surface area contributed by atoms with Crippen molar-refractivity contribution >= 4 is 39.7 Å². The highest BCUT2D eigenvalue weighted by molar-refractivity contribution is 7.89. The maximum atomic E-state index is 14.0. The van der Waals surface area contributed by atoms with Gasteiger partial charge < -0.3 is 9.84 Å². The summed E-state index contributed by atoms with van der Waals surface area (Å²) in [7, 11) is -3.99. The summed E-state index contributed by atoms with van der Waals surface area (Å²) in [5.41, 5.74) is 1.03. The fourth-order valence-electron chi connectivity index (χ4n) is 4.06. The third kappa shape index (κ3) is 5.66. The van der Waals surface area contributed by atoms with Crippen LogP contribution < -0.4 is 5.32 Å². The van der Waals surface area contributed by atoms with Crippen LogP contribution in [0.3, 0.4) is 0 Å². The maximum absolute atomic E-state index is 14.0. The van der Waals surface area contributed by atoms with E-state index in [1.54, 1.807) is 6.07 Å². The van der Waals surface area contributed by atoms with Crippen LogP contribution in [0, 0.1) is 24.5 Å². The minimum Gasteiger partial charge on any atom is -0.355 e. The Morgan fingerprint density at radius 3 is 2.61 bits per heavy atom. The molecule has 1 amide bonds. The first-order chi connectivity index (χ1) is 17.2. The zero-order valence-corrected chi connectivity index (χ0v) is 21.0. The smallest absolute Gasteiger partial charge is 0.248 e. The van der Waals surface area contributed by atoms with Crippen molar-refractivity contribution in [1.82, 2.24) is 14.8 Å². The lowest BCUT2D eigenvalue weighted by Crippen LogP contribution is -2.43. The van der Waals surface area contributed by atoms with E-state index >= 15 is 0 Å². The van der Waals surface area contributed by atoms with Gasteiger partial charge in [0.2, 0.25) is 15.9 Å². The maximum Gasteiger partial charge on any atom is 0.248 e. The number of amides is 1. The van der Waals surface area contributed by atoms with E-state index in [0.717, 1.165) is 17.7 Å². The average molecular weight is 536 g/mol. The molecule has 11 heteroatoms. The van der Waals surface area contributed by atoms with E-state index in [-0.39, 0.29) is 46.8 Å². The second kappa shape index (κ2) is 10.9. The van der Waals surface area contributed by atoms with Crippen molar-refractivity contribution in [2.45, 2.75) is 31.2 Å². The molecule has 0 radical (unpaired) electrons.